The van der Waals surface area contributed by atoms with Gasteiger partial charge in [-0.25, -0.2) is 13.8 Å². The Kier molecular flexibility index (Phi) is 4.01. The van der Waals surface area contributed by atoms with E-state index in [9.17, 15) is 8.78 Å². The lowest BCUT2D eigenvalue weighted by atomic mass is 10.3. The number of nitrogens with zero attached hydrogens (tertiary/aromatic N) is 2. The van der Waals surface area contributed by atoms with E-state index in [1.807, 2.05) is 0 Å². The summed E-state index contributed by atoms with van der Waals surface area (Å²) in [4.78, 5) is 7.58. The third-order valence-electron chi connectivity index (χ3n) is 2.21. The Morgan fingerprint density at radius 1 is 1.16 bits per heavy atom. The highest BCUT2D eigenvalue weighted by Crippen LogP contribution is 2.29. The quantitative estimate of drug-likeness (QED) is 0.846. The van der Waals surface area contributed by atoms with Crippen molar-refractivity contribution >= 4 is 40.7 Å². The highest BCUT2D eigenvalue weighted by molar-refractivity contribution is 6.35. The summed E-state index contributed by atoms with van der Waals surface area (Å²) >= 11 is 11.3. The molecule has 0 saturated carbocycles. The van der Waals surface area contributed by atoms with Gasteiger partial charge in [0, 0.05) is 12.7 Å². The molecule has 0 unspecified atom stereocenters. The number of nitrogens with one attached hydrogen (secondary N) is 2. The molecule has 1 aromatic carbocycles. The molecular formula is C11H8Cl2F2N4. The summed E-state index contributed by atoms with van der Waals surface area (Å²) in [6.07, 6.45) is 1.01. The lowest BCUT2D eigenvalue weighted by Gasteiger charge is -2.09. The van der Waals surface area contributed by atoms with Gasteiger partial charge in [-0.1, -0.05) is 23.2 Å². The molecule has 0 bridgehead atoms. The Morgan fingerprint density at radius 2 is 1.79 bits per heavy atom. The molecule has 0 aliphatic heterocycles. The van der Waals surface area contributed by atoms with Crippen LogP contribution >= 0.6 is 23.2 Å². The van der Waals surface area contributed by atoms with Crippen LogP contribution in [0.2, 0.25) is 10.0 Å². The van der Waals surface area contributed by atoms with Gasteiger partial charge < -0.3 is 10.6 Å². The Hall–Kier alpha value is -1.66. The van der Waals surface area contributed by atoms with Crippen molar-refractivity contribution in [3.8, 4) is 0 Å². The molecule has 2 N–H and O–H groups in total. The third kappa shape index (κ3) is 3.02. The van der Waals surface area contributed by atoms with Crippen molar-refractivity contribution in [2.75, 3.05) is 17.7 Å². The molecule has 0 aliphatic rings. The molecule has 0 atom stereocenters. The second-order valence-corrected chi connectivity index (χ2v) is 4.33. The zero-order chi connectivity index (χ0) is 14.0. The zero-order valence-corrected chi connectivity index (χ0v) is 11.2. The van der Waals surface area contributed by atoms with E-state index in [-0.39, 0.29) is 21.8 Å². The first-order chi connectivity index (χ1) is 9.01. The van der Waals surface area contributed by atoms with Crippen LogP contribution in [-0.2, 0) is 0 Å². The smallest absolute Gasteiger partial charge is 0.224 e. The van der Waals surface area contributed by atoms with Gasteiger partial charge in [0.25, 0.3) is 0 Å². The third-order valence-corrected chi connectivity index (χ3v) is 2.76. The summed E-state index contributed by atoms with van der Waals surface area (Å²) < 4.78 is 26.8. The van der Waals surface area contributed by atoms with Gasteiger partial charge in [0.1, 0.15) is 0 Å². The lowest BCUT2D eigenvalue weighted by molar-refractivity contribution is 0.619. The van der Waals surface area contributed by atoms with Gasteiger partial charge >= 0.3 is 0 Å². The summed E-state index contributed by atoms with van der Waals surface area (Å²) in [5.41, 5.74) is 0.316. The van der Waals surface area contributed by atoms with Gasteiger partial charge in [-0.05, 0) is 12.1 Å². The summed E-state index contributed by atoms with van der Waals surface area (Å²) in [7, 11) is 1.60. The van der Waals surface area contributed by atoms with Crippen LogP contribution in [0.3, 0.4) is 0 Å². The number of halogens is 4. The fourth-order valence-corrected chi connectivity index (χ4v) is 1.83. The molecule has 1 heterocycles. The first-order valence-corrected chi connectivity index (χ1v) is 5.88. The molecule has 0 radical (unpaired) electrons. The van der Waals surface area contributed by atoms with E-state index in [0.29, 0.717) is 5.69 Å². The van der Waals surface area contributed by atoms with Gasteiger partial charge in [0.2, 0.25) is 5.95 Å². The molecule has 4 nitrogen and oxygen atoms in total. The molecule has 0 saturated heterocycles. The van der Waals surface area contributed by atoms with E-state index < -0.39 is 11.6 Å². The molecule has 0 aliphatic carbocycles. The van der Waals surface area contributed by atoms with Gasteiger partial charge in [0.05, 0.1) is 16.2 Å². The maximum Gasteiger partial charge on any atom is 0.224 e. The normalized spacial score (nSPS) is 10.4. The minimum atomic E-state index is -0.729. The summed E-state index contributed by atoms with van der Waals surface area (Å²) in [5, 5.41) is 4.99. The van der Waals surface area contributed by atoms with Crippen LogP contribution in [0.25, 0.3) is 0 Å². The van der Waals surface area contributed by atoms with Gasteiger partial charge in [-0.15, -0.1) is 0 Å². The number of hydrogen-bond acceptors (Lipinski definition) is 4. The summed E-state index contributed by atoms with van der Waals surface area (Å²) in [5.74, 6) is -1.22. The number of anilines is 3. The Morgan fingerprint density at radius 3 is 2.37 bits per heavy atom. The van der Waals surface area contributed by atoms with E-state index in [0.717, 1.165) is 6.20 Å². The van der Waals surface area contributed by atoms with Crippen molar-refractivity contribution in [1.29, 1.82) is 0 Å². The standard InChI is InChI=1S/C11H8Cl2F2N4/c1-16-11-17-4-8(14)10(19-11)18-5-2-6(12)9(15)7(13)3-5/h2-4H,1H3,(H2,16,17,18,19). The van der Waals surface area contributed by atoms with Crippen LogP contribution in [0.15, 0.2) is 18.3 Å². The van der Waals surface area contributed by atoms with E-state index in [4.69, 9.17) is 23.2 Å². The SMILES string of the molecule is CNc1ncc(F)c(Nc2cc(Cl)c(F)c(Cl)c2)n1. The van der Waals surface area contributed by atoms with Crippen molar-refractivity contribution in [2.45, 2.75) is 0 Å². The van der Waals surface area contributed by atoms with E-state index in [1.54, 1.807) is 7.05 Å². The second kappa shape index (κ2) is 5.54. The first-order valence-electron chi connectivity index (χ1n) is 5.13. The molecule has 1 aromatic heterocycles. The Balaban J connectivity index is 2.36. The highest BCUT2D eigenvalue weighted by atomic mass is 35.5. The molecule has 2 aromatic rings. The second-order valence-electron chi connectivity index (χ2n) is 3.52. The van der Waals surface area contributed by atoms with Gasteiger partial charge in [-0.2, -0.15) is 4.98 Å². The van der Waals surface area contributed by atoms with Crippen molar-refractivity contribution in [3.05, 3.63) is 40.0 Å². The Labute approximate surface area is 117 Å². The maximum atomic E-state index is 13.5. The molecule has 100 valence electrons. The highest BCUT2D eigenvalue weighted by Gasteiger charge is 2.11. The van der Waals surface area contributed by atoms with Gasteiger partial charge in [-0.3, -0.25) is 0 Å². The van der Waals surface area contributed by atoms with Crippen LogP contribution < -0.4 is 10.6 Å². The van der Waals surface area contributed by atoms with E-state index in [1.165, 1.54) is 12.1 Å². The number of benzene rings is 1. The molecule has 2 rings (SSSR count). The van der Waals surface area contributed by atoms with Crippen LogP contribution in [0, 0.1) is 11.6 Å². The van der Waals surface area contributed by atoms with E-state index >= 15 is 0 Å². The predicted molar refractivity (Wildman–Crippen MR) is 71.2 cm³/mol. The van der Waals surface area contributed by atoms with Crippen LogP contribution in [-0.4, -0.2) is 17.0 Å². The van der Waals surface area contributed by atoms with Crippen LogP contribution in [0.4, 0.5) is 26.2 Å². The number of rotatable bonds is 3. The van der Waals surface area contributed by atoms with E-state index in [2.05, 4.69) is 20.6 Å². The first kappa shape index (κ1) is 13.8. The average molecular weight is 305 g/mol. The Bertz CT molecular complexity index is 599. The molecule has 0 spiro atoms. The molecule has 0 fully saturated rings. The minimum absolute atomic E-state index is 0.0712. The molecule has 19 heavy (non-hydrogen) atoms. The van der Waals surface area contributed by atoms with Crippen molar-refractivity contribution < 1.29 is 8.78 Å². The zero-order valence-electron chi connectivity index (χ0n) is 9.64. The summed E-state index contributed by atoms with van der Waals surface area (Å²) in [6, 6.07) is 2.56. The molecule has 0 amide bonds. The van der Waals surface area contributed by atoms with Crippen LogP contribution in [0.5, 0.6) is 0 Å². The topological polar surface area (TPSA) is 49.8 Å². The fourth-order valence-electron chi connectivity index (χ4n) is 1.34. The summed E-state index contributed by atoms with van der Waals surface area (Å²) in [6.45, 7) is 0. The lowest BCUT2D eigenvalue weighted by Crippen LogP contribution is -2.03. The fraction of sp³-hybridized carbons (Fsp3) is 0.0909. The van der Waals surface area contributed by atoms with Crippen molar-refractivity contribution in [3.63, 3.8) is 0 Å². The number of hydrogen-bond donors (Lipinski definition) is 2. The molecular weight excluding hydrogens is 297 g/mol. The van der Waals surface area contributed by atoms with Crippen molar-refractivity contribution in [2.24, 2.45) is 0 Å². The van der Waals surface area contributed by atoms with Gasteiger partial charge in [0.15, 0.2) is 17.5 Å². The average Bonchev–Trinajstić information content (AvgIpc) is 2.38. The predicted octanol–water partition coefficient (Wildman–Crippen LogP) is 3.85. The number of aromatic nitrogens is 2. The maximum absolute atomic E-state index is 13.5. The van der Waals surface area contributed by atoms with Crippen LogP contribution in [0.1, 0.15) is 0 Å². The minimum Gasteiger partial charge on any atom is -0.357 e. The molecule has 8 heteroatoms. The van der Waals surface area contributed by atoms with Crippen molar-refractivity contribution in [1.82, 2.24) is 9.97 Å². The largest absolute Gasteiger partial charge is 0.357 e. The monoisotopic (exact) mass is 304 g/mol.